The lowest BCUT2D eigenvalue weighted by molar-refractivity contribution is -0.137. The van der Waals surface area contributed by atoms with Gasteiger partial charge in [-0.25, -0.2) is 9.97 Å². The number of alkyl halides is 3. The molecule has 0 spiro atoms. The average molecular weight is 359 g/mol. The van der Waals surface area contributed by atoms with Crippen molar-refractivity contribution in [2.24, 2.45) is 0 Å². The van der Waals surface area contributed by atoms with E-state index in [1.54, 1.807) is 6.07 Å². The van der Waals surface area contributed by atoms with Crippen LogP contribution in [0.2, 0.25) is 5.02 Å². The van der Waals surface area contributed by atoms with E-state index in [2.05, 4.69) is 15.3 Å². The second-order valence-corrected chi connectivity index (χ2v) is 5.59. The van der Waals surface area contributed by atoms with Crippen molar-refractivity contribution in [3.8, 4) is 0 Å². The van der Waals surface area contributed by atoms with E-state index >= 15 is 0 Å². The number of nitrogens with zero attached hydrogens (tertiary/aromatic N) is 3. The minimum atomic E-state index is -4.51. The molecule has 0 radical (unpaired) electrons. The second kappa shape index (κ2) is 6.82. The number of anilines is 3. The van der Waals surface area contributed by atoms with Crippen molar-refractivity contribution in [2.75, 3.05) is 36.5 Å². The maximum atomic E-state index is 12.9. The van der Waals surface area contributed by atoms with Gasteiger partial charge in [0, 0.05) is 24.8 Å². The molecule has 0 saturated carbocycles. The van der Waals surface area contributed by atoms with E-state index < -0.39 is 11.7 Å². The molecular weight excluding hydrogens is 345 g/mol. The molecule has 24 heavy (non-hydrogen) atoms. The molecule has 1 aliphatic heterocycles. The van der Waals surface area contributed by atoms with Crippen LogP contribution in [0.25, 0.3) is 0 Å². The van der Waals surface area contributed by atoms with E-state index in [1.165, 1.54) is 18.5 Å². The van der Waals surface area contributed by atoms with Gasteiger partial charge < -0.3 is 15.0 Å². The van der Waals surface area contributed by atoms with Gasteiger partial charge in [0.2, 0.25) is 0 Å². The molecule has 1 fully saturated rings. The molecule has 0 atom stereocenters. The van der Waals surface area contributed by atoms with E-state index in [4.69, 9.17) is 16.3 Å². The predicted molar refractivity (Wildman–Crippen MR) is 84.8 cm³/mol. The van der Waals surface area contributed by atoms with Crippen LogP contribution in [0, 0.1) is 0 Å². The van der Waals surface area contributed by atoms with Crippen molar-refractivity contribution in [3.05, 3.63) is 41.2 Å². The standard InChI is InChI=1S/C15H14ClF3N4O/c16-12-2-1-10(7-11(12)15(17,18)19)22-13-8-14(21-9-20-13)23-3-5-24-6-4-23/h1-2,7-9H,3-6H2,(H,20,21,22). The van der Waals surface area contributed by atoms with Crippen LogP contribution in [-0.2, 0) is 10.9 Å². The molecule has 1 aromatic carbocycles. The van der Waals surface area contributed by atoms with Crippen LogP contribution >= 0.6 is 11.6 Å². The smallest absolute Gasteiger partial charge is 0.378 e. The van der Waals surface area contributed by atoms with Crippen molar-refractivity contribution in [1.82, 2.24) is 9.97 Å². The number of ether oxygens (including phenoxy) is 1. The van der Waals surface area contributed by atoms with Gasteiger partial charge in [-0.3, -0.25) is 0 Å². The van der Waals surface area contributed by atoms with Gasteiger partial charge in [-0.15, -0.1) is 0 Å². The molecule has 0 bridgehead atoms. The van der Waals surface area contributed by atoms with Crippen LogP contribution in [-0.4, -0.2) is 36.3 Å². The van der Waals surface area contributed by atoms with Crippen LogP contribution in [0.4, 0.5) is 30.5 Å². The quantitative estimate of drug-likeness (QED) is 0.906. The molecular formula is C15H14ClF3N4O. The summed E-state index contributed by atoms with van der Waals surface area (Å²) in [5, 5.41) is 2.51. The van der Waals surface area contributed by atoms with Crippen LogP contribution in [0.3, 0.4) is 0 Å². The number of hydrogen-bond donors (Lipinski definition) is 1. The summed E-state index contributed by atoms with van der Waals surface area (Å²) in [6.45, 7) is 2.63. The Morgan fingerprint density at radius 1 is 1.12 bits per heavy atom. The molecule has 0 amide bonds. The van der Waals surface area contributed by atoms with Crippen LogP contribution in [0.15, 0.2) is 30.6 Å². The number of rotatable bonds is 3. The van der Waals surface area contributed by atoms with Gasteiger partial charge in [-0.05, 0) is 18.2 Å². The van der Waals surface area contributed by atoms with Crippen molar-refractivity contribution in [3.63, 3.8) is 0 Å². The zero-order chi connectivity index (χ0) is 17.2. The Morgan fingerprint density at radius 2 is 1.88 bits per heavy atom. The highest BCUT2D eigenvalue weighted by Crippen LogP contribution is 2.36. The minimum absolute atomic E-state index is 0.248. The summed E-state index contributed by atoms with van der Waals surface area (Å²) in [7, 11) is 0. The summed E-state index contributed by atoms with van der Waals surface area (Å²) in [5.74, 6) is 1.10. The molecule has 0 aliphatic carbocycles. The van der Waals surface area contributed by atoms with Gasteiger partial charge >= 0.3 is 6.18 Å². The van der Waals surface area contributed by atoms with Gasteiger partial charge in [0.15, 0.2) is 0 Å². The third-order valence-corrected chi connectivity index (χ3v) is 3.86. The fourth-order valence-corrected chi connectivity index (χ4v) is 2.57. The molecule has 0 unspecified atom stereocenters. The second-order valence-electron chi connectivity index (χ2n) is 5.18. The molecule has 3 rings (SSSR count). The Kier molecular flexibility index (Phi) is 4.77. The summed E-state index contributed by atoms with van der Waals surface area (Å²) in [6.07, 6.45) is -3.15. The van der Waals surface area contributed by atoms with Gasteiger partial charge in [0.05, 0.1) is 23.8 Å². The number of aromatic nitrogens is 2. The maximum Gasteiger partial charge on any atom is 0.417 e. The first-order chi connectivity index (χ1) is 11.4. The zero-order valence-electron chi connectivity index (χ0n) is 12.5. The van der Waals surface area contributed by atoms with E-state index in [0.29, 0.717) is 37.9 Å². The lowest BCUT2D eigenvalue weighted by atomic mass is 10.2. The van der Waals surface area contributed by atoms with E-state index in [1.807, 2.05) is 4.90 Å². The minimum Gasteiger partial charge on any atom is -0.378 e. The molecule has 1 N–H and O–H groups in total. The van der Waals surface area contributed by atoms with Crippen molar-refractivity contribution >= 4 is 28.9 Å². The van der Waals surface area contributed by atoms with E-state index in [0.717, 1.165) is 6.07 Å². The van der Waals surface area contributed by atoms with E-state index in [9.17, 15) is 13.2 Å². The monoisotopic (exact) mass is 358 g/mol. The summed E-state index contributed by atoms with van der Waals surface area (Å²) in [5.41, 5.74) is -0.644. The molecule has 2 aromatic rings. The molecule has 1 saturated heterocycles. The first-order valence-corrected chi connectivity index (χ1v) is 7.60. The summed E-state index contributed by atoms with van der Waals surface area (Å²) in [6, 6.07) is 5.32. The number of hydrogen-bond acceptors (Lipinski definition) is 5. The first-order valence-electron chi connectivity index (χ1n) is 7.22. The maximum absolute atomic E-state index is 12.9. The first kappa shape index (κ1) is 16.8. The van der Waals surface area contributed by atoms with Crippen LogP contribution in [0.5, 0.6) is 0 Å². The Balaban J connectivity index is 1.81. The highest BCUT2D eigenvalue weighted by molar-refractivity contribution is 6.31. The van der Waals surface area contributed by atoms with Gasteiger partial charge in [0.25, 0.3) is 0 Å². The van der Waals surface area contributed by atoms with Gasteiger partial charge in [-0.2, -0.15) is 13.2 Å². The molecule has 9 heteroatoms. The lowest BCUT2D eigenvalue weighted by Gasteiger charge is -2.27. The molecule has 5 nitrogen and oxygen atoms in total. The summed E-state index contributed by atoms with van der Waals surface area (Å²) in [4.78, 5) is 10.3. The lowest BCUT2D eigenvalue weighted by Crippen LogP contribution is -2.36. The Morgan fingerprint density at radius 3 is 2.58 bits per heavy atom. The van der Waals surface area contributed by atoms with Crippen LogP contribution < -0.4 is 10.2 Å². The Labute approximate surface area is 141 Å². The van der Waals surface area contributed by atoms with Crippen molar-refractivity contribution in [2.45, 2.75) is 6.18 Å². The SMILES string of the molecule is FC(F)(F)c1cc(Nc2cc(N3CCOCC3)ncn2)ccc1Cl. The molecule has 1 aromatic heterocycles. The number of morpholine rings is 1. The number of halogens is 4. The zero-order valence-corrected chi connectivity index (χ0v) is 13.2. The fraction of sp³-hybridized carbons (Fsp3) is 0.333. The Bertz CT molecular complexity index is 720. The van der Waals surface area contributed by atoms with Crippen molar-refractivity contribution < 1.29 is 17.9 Å². The number of benzene rings is 1. The van der Waals surface area contributed by atoms with Gasteiger partial charge in [-0.1, -0.05) is 11.6 Å². The Hall–Kier alpha value is -2.06. The highest BCUT2D eigenvalue weighted by Gasteiger charge is 2.33. The van der Waals surface area contributed by atoms with Gasteiger partial charge in [0.1, 0.15) is 18.0 Å². The van der Waals surface area contributed by atoms with E-state index in [-0.39, 0.29) is 10.7 Å². The predicted octanol–water partition coefficient (Wildman–Crippen LogP) is 3.73. The third-order valence-electron chi connectivity index (χ3n) is 3.53. The topological polar surface area (TPSA) is 50.3 Å². The highest BCUT2D eigenvalue weighted by atomic mass is 35.5. The van der Waals surface area contributed by atoms with Crippen LogP contribution in [0.1, 0.15) is 5.56 Å². The average Bonchev–Trinajstić information content (AvgIpc) is 2.57. The normalized spacial score (nSPS) is 15.4. The molecule has 2 heterocycles. The number of nitrogens with one attached hydrogen (secondary N) is 1. The summed E-state index contributed by atoms with van der Waals surface area (Å²) < 4.78 is 44.0. The molecule has 128 valence electrons. The van der Waals surface area contributed by atoms with Crippen molar-refractivity contribution in [1.29, 1.82) is 0 Å². The third kappa shape index (κ3) is 3.88. The largest absolute Gasteiger partial charge is 0.417 e. The fourth-order valence-electron chi connectivity index (χ4n) is 2.35. The molecule has 1 aliphatic rings. The summed E-state index contributed by atoms with van der Waals surface area (Å²) >= 11 is 5.62.